The average Bonchev–Trinajstić information content (AvgIpc) is 2.67. The lowest BCUT2D eigenvalue weighted by Gasteiger charge is -2.26. The third kappa shape index (κ3) is 1.72. The molecule has 3 nitrogen and oxygen atoms in total. The van der Waals surface area contributed by atoms with Crippen LogP contribution < -0.4 is 0 Å². The van der Waals surface area contributed by atoms with E-state index in [0.29, 0.717) is 4.47 Å². The van der Waals surface area contributed by atoms with Gasteiger partial charge < -0.3 is 14.6 Å². The predicted molar refractivity (Wildman–Crippen MR) is 54.2 cm³/mol. The first-order valence-electron chi connectivity index (χ1n) is 4.25. The third-order valence-electron chi connectivity index (χ3n) is 2.12. The fourth-order valence-electron chi connectivity index (χ4n) is 1.39. The van der Waals surface area contributed by atoms with Gasteiger partial charge in [0.15, 0.2) is 0 Å². The molecule has 0 saturated carbocycles. The third-order valence-corrected chi connectivity index (χ3v) is 2.62. The van der Waals surface area contributed by atoms with Crippen LogP contribution >= 0.6 is 15.9 Å². The highest BCUT2D eigenvalue weighted by Gasteiger charge is 2.39. The van der Waals surface area contributed by atoms with E-state index in [1.165, 1.54) is 24.7 Å². The summed E-state index contributed by atoms with van der Waals surface area (Å²) < 4.78 is 24.4. The molecule has 0 bridgehead atoms. The number of hydrogen-bond donors (Lipinski definition) is 1. The highest BCUT2D eigenvalue weighted by atomic mass is 79.9. The van der Waals surface area contributed by atoms with Crippen LogP contribution in [0, 0.1) is 5.82 Å². The van der Waals surface area contributed by atoms with Crippen LogP contribution in [0.15, 0.2) is 35.2 Å². The zero-order valence-electron chi connectivity index (χ0n) is 7.61. The molecule has 1 aliphatic heterocycles. The van der Waals surface area contributed by atoms with Gasteiger partial charge in [-0.05, 0) is 18.2 Å². The lowest BCUT2D eigenvalue weighted by atomic mass is 10.1. The molecule has 80 valence electrons. The van der Waals surface area contributed by atoms with Gasteiger partial charge in [-0.3, -0.25) is 0 Å². The fourth-order valence-corrected chi connectivity index (χ4v) is 1.72. The molecule has 15 heavy (non-hydrogen) atoms. The molecular formula is C10H8BrFO3. The van der Waals surface area contributed by atoms with E-state index >= 15 is 0 Å². The standard InChI is InChI=1S/C10H8BrFO3/c11-7-1-2-8(9(12)5-7)10(6-13)14-3-4-15-10/h1-5,13H,6H2. The van der Waals surface area contributed by atoms with E-state index in [4.69, 9.17) is 9.47 Å². The van der Waals surface area contributed by atoms with Crippen LogP contribution in [0.4, 0.5) is 4.39 Å². The van der Waals surface area contributed by atoms with E-state index < -0.39 is 18.2 Å². The Morgan fingerprint density at radius 2 is 2.00 bits per heavy atom. The molecule has 1 aliphatic rings. The van der Waals surface area contributed by atoms with Gasteiger partial charge in [-0.25, -0.2) is 4.39 Å². The number of benzene rings is 1. The summed E-state index contributed by atoms with van der Waals surface area (Å²) in [7, 11) is 0. The lowest BCUT2D eigenvalue weighted by Crippen LogP contribution is -2.32. The summed E-state index contributed by atoms with van der Waals surface area (Å²) in [5.41, 5.74) is 0.165. The molecule has 1 aromatic rings. The van der Waals surface area contributed by atoms with Gasteiger partial charge in [-0.15, -0.1) is 0 Å². The SMILES string of the molecule is OCC1(c2ccc(Br)cc2F)OC=CO1. The smallest absolute Gasteiger partial charge is 0.303 e. The number of halogens is 2. The maximum Gasteiger partial charge on any atom is 0.303 e. The van der Waals surface area contributed by atoms with Crippen LogP contribution in [0.3, 0.4) is 0 Å². The Morgan fingerprint density at radius 1 is 1.33 bits per heavy atom. The Balaban J connectivity index is 2.43. The average molecular weight is 275 g/mol. The van der Waals surface area contributed by atoms with Crippen LogP contribution in [0.2, 0.25) is 0 Å². The van der Waals surface area contributed by atoms with Crippen molar-refractivity contribution in [3.63, 3.8) is 0 Å². The van der Waals surface area contributed by atoms with E-state index in [9.17, 15) is 9.50 Å². The number of aliphatic hydroxyl groups is 1. The summed E-state index contributed by atoms with van der Waals surface area (Å²) in [5, 5.41) is 9.20. The van der Waals surface area contributed by atoms with Crippen LogP contribution in [0.1, 0.15) is 5.56 Å². The van der Waals surface area contributed by atoms with E-state index in [0.717, 1.165) is 0 Å². The molecule has 5 heteroatoms. The monoisotopic (exact) mass is 274 g/mol. The molecule has 0 aliphatic carbocycles. The van der Waals surface area contributed by atoms with Crippen molar-refractivity contribution in [2.75, 3.05) is 6.61 Å². The van der Waals surface area contributed by atoms with Crippen molar-refractivity contribution >= 4 is 15.9 Å². The van der Waals surface area contributed by atoms with Crippen LogP contribution in [0.5, 0.6) is 0 Å². The second-order valence-electron chi connectivity index (χ2n) is 3.04. The zero-order valence-corrected chi connectivity index (χ0v) is 9.20. The number of hydrogen-bond acceptors (Lipinski definition) is 3. The van der Waals surface area contributed by atoms with Crippen molar-refractivity contribution in [2.45, 2.75) is 5.79 Å². The van der Waals surface area contributed by atoms with Crippen molar-refractivity contribution in [2.24, 2.45) is 0 Å². The van der Waals surface area contributed by atoms with Gasteiger partial charge in [0.1, 0.15) is 24.9 Å². The highest BCUT2D eigenvalue weighted by molar-refractivity contribution is 9.10. The normalized spacial score (nSPS) is 17.3. The maximum atomic E-state index is 13.6. The number of aliphatic hydroxyl groups excluding tert-OH is 1. The van der Waals surface area contributed by atoms with Gasteiger partial charge >= 0.3 is 5.79 Å². The van der Waals surface area contributed by atoms with Crippen molar-refractivity contribution in [3.05, 3.63) is 46.6 Å². The minimum absolute atomic E-state index is 0.165. The highest BCUT2D eigenvalue weighted by Crippen LogP contribution is 2.34. The maximum absolute atomic E-state index is 13.6. The van der Waals surface area contributed by atoms with Gasteiger partial charge in [0.2, 0.25) is 0 Å². The van der Waals surface area contributed by atoms with Crippen molar-refractivity contribution in [3.8, 4) is 0 Å². The summed E-state index contributed by atoms with van der Waals surface area (Å²) >= 11 is 3.14. The van der Waals surface area contributed by atoms with Gasteiger partial charge in [0, 0.05) is 4.47 Å². The minimum atomic E-state index is -1.44. The predicted octanol–water partition coefficient (Wildman–Crippen LogP) is 2.25. The minimum Gasteiger partial charge on any atom is -0.451 e. The summed E-state index contributed by atoms with van der Waals surface area (Å²) in [4.78, 5) is 0. The van der Waals surface area contributed by atoms with E-state index in [-0.39, 0.29) is 5.56 Å². The summed E-state index contributed by atoms with van der Waals surface area (Å²) in [5.74, 6) is -1.94. The summed E-state index contributed by atoms with van der Waals surface area (Å²) in [6.07, 6.45) is 2.55. The number of rotatable bonds is 2. The van der Waals surface area contributed by atoms with Gasteiger partial charge in [-0.2, -0.15) is 0 Å². The Hall–Kier alpha value is -1.07. The lowest BCUT2D eigenvalue weighted by molar-refractivity contribution is -0.179. The largest absolute Gasteiger partial charge is 0.451 e. The first kappa shape index (κ1) is 10.4. The van der Waals surface area contributed by atoms with Crippen LogP contribution in [-0.4, -0.2) is 11.7 Å². The topological polar surface area (TPSA) is 38.7 Å². The Labute approximate surface area is 94.3 Å². The van der Waals surface area contributed by atoms with E-state index in [1.807, 2.05) is 0 Å². The number of ether oxygens (including phenoxy) is 2. The molecule has 1 heterocycles. The Bertz CT molecular complexity index is 398. The Kier molecular flexibility index (Phi) is 2.67. The second-order valence-corrected chi connectivity index (χ2v) is 3.96. The van der Waals surface area contributed by atoms with Gasteiger partial charge in [-0.1, -0.05) is 15.9 Å². The molecule has 0 atom stereocenters. The van der Waals surface area contributed by atoms with E-state index in [2.05, 4.69) is 15.9 Å². The molecule has 2 rings (SSSR count). The molecule has 0 unspecified atom stereocenters. The van der Waals surface area contributed by atoms with Crippen molar-refractivity contribution in [1.82, 2.24) is 0 Å². The molecule has 0 fully saturated rings. The molecule has 0 radical (unpaired) electrons. The van der Waals surface area contributed by atoms with Crippen LogP contribution in [-0.2, 0) is 15.3 Å². The molecule has 1 N–H and O–H groups in total. The fraction of sp³-hybridized carbons (Fsp3) is 0.200. The van der Waals surface area contributed by atoms with Gasteiger partial charge in [0.25, 0.3) is 0 Å². The molecule has 0 spiro atoms. The van der Waals surface area contributed by atoms with Gasteiger partial charge in [0.05, 0.1) is 5.56 Å². The molecular weight excluding hydrogens is 267 g/mol. The van der Waals surface area contributed by atoms with Crippen molar-refractivity contribution in [1.29, 1.82) is 0 Å². The van der Waals surface area contributed by atoms with Crippen LogP contribution in [0.25, 0.3) is 0 Å². The zero-order chi connectivity index (χ0) is 10.9. The Morgan fingerprint density at radius 3 is 2.53 bits per heavy atom. The quantitative estimate of drug-likeness (QED) is 0.899. The first-order valence-corrected chi connectivity index (χ1v) is 5.04. The summed E-state index contributed by atoms with van der Waals surface area (Å²) in [6, 6.07) is 4.45. The second kappa shape index (κ2) is 3.83. The molecule has 0 amide bonds. The van der Waals surface area contributed by atoms with E-state index in [1.54, 1.807) is 6.07 Å². The first-order chi connectivity index (χ1) is 7.18. The van der Waals surface area contributed by atoms with Crippen molar-refractivity contribution < 1.29 is 19.0 Å². The molecule has 0 saturated heterocycles. The molecule has 0 aromatic heterocycles. The summed E-state index contributed by atoms with van der Waals surface area (Å²) in [6.45, 7) is -0.460. The molecule has 1 aromatic carbocycles.